The highest BCUT2D eigenvalue weighted by Crippen LogP contribution is 2.40. The molecule has 0 aliphatic heterocycles. The Morgan fingerprint density at radius 1 is 1.00 bits per heavy atom. The van der Waals surface area contributed by atoms with E-state index in [-0.39, 0.29) is 17.0 Å². The molecule has 2 heterocycles. The maximum Gasteiger partial charge on any atom is 0.261 e. The molecule has 2 aromatic heterocycles. The second kappa shape index (κ2) is 9.16. The molecule has 4 aromatic rings. The van der Waals surface area contributed by atoms with Crippen LogP contribution in [0.15, 0.2) is 65.7 Å². The minimum Gasteiger partial charge on any atom is -0.495 e. The monoisotopic (exact) mass is 483 g/mol. The summed E-state index contributed by atoms with van der Waals surface area (Å²) in [6.45, 7) is 0.0994. The molecule has 4 rings (SSSR count). The molecule has 0 saturated heterocycles. The molecule has 0 aliphatic carbocycles. The standard InChI is InChI=1S/C23H21N3O5S2/c1-30-17-11-12-18(31-2)21-20(17)25-23(32-21)26(14-15-8-6-7-13-24-15)22(27)16-9-4-5-10-19(16)33(3,28)29/h4-13H,14H2,1-3H3. The highest BCUT2D eigenvalue weighted by molar-refractivity contribution is 7.90. The molecular weight excluding hydrogens is 462 g/mol. The Balaban J connectivity index is 1.90. The van der Waals surface area contributed by atoms with E-state index in [1.165, 1.54) is 28.4 Å². The first-order valence-corrected chi connectivity index (χ1v) is 12.6. The zero-order chi connectivity index (χ0) is 23.6. The van der Waals surface area contributed by atoms with Gasteiger partial charge in [-0.05, 0) is 36.4 Å². The molecule has 0 radical (unpaired) electrons. The van der Waals surface area contributed by atoms with Crippen molar-refractivity contribution in [3.63, 3.8) is 0 Å². The van der Waals surface area contributed by atoms with Crippen LogP contribution in [0.5, 0.6) is 11.5 Å². The second-order valence-electron chi connectivity index (χ2n) is 7.12. The topological polar surface area (TPSA) is 98.7 Å². The molecule has 33 heavy (non-hydrogen) atoms. The Morgan fingerprint density at radius 3 is 2.36 bits per heavy atom. The predicted octanol–water partition coefficient (Wildman–Crippen LogP) is 3.96. The van der Waals surface area contributed by atoms with Crippen LogP contribution in [0, 0.1) is 0 Å². The fourth-order valence-corrected chi connectivity index (χ4v) is 5.33. The summed E-state index contributed by atoms with van der Waals surface area (Å²) in [4.78, 5) is 24.1. The van der Waals surface area contributed by atoms with E-state index in [1.54, 1.807) is 56.8 Å². The third-order valence-electron chi connectivity index (χ3n) is 4.94. The average Bonchev–Trinajstić information content (AvgIpc) is 3.27. The lowest BCUT2D eigenvalue weighted by molar-refractivity contribution is 0.0981. The van der Waals surface area contributed by atoms with Gasteiger partial charge in [0.2, 0.25) is 0 Å². The summed E-state index contributed by atoms with van der Waals surface area (Å²) in [6, 6.07) is 15.0. The Hall–Kier alpha value is -3.50. The van der Waals surface area contributed by atoms with Gasteiger partial charge >= 0.3 is 0 Å². The first-order chi connectivity index (χ1) is 15.8. The molecule has 0 N–H and O–H groups in total. The Bertz CT molecular complexity index is 1380. The lowest BCUT2D eigenvalue weighted by atomic mass is 10.2. The van der Waals surface area contributed by atoms with Crippen molar-refractivity contribution in [3.05, 3.63) is 72.1 Å². The summed E-state index contributed by atoms with van der Waals surface area (Å²) >= 11 is 1.25. The average molecular weight is 484 g/mol. The number of anilines is 1. The molecule has 0 bridgehead atoms. The van der Waals surface area contributed by atoms with Crippen LogP contribution < -0.4 is 14.4 Å². The molecule has 170 valence electrons. The summed E-state index contributed by atoms with van der Waals surface area (Å²) < 4.78 is 36.3. The number of pyridine rings is 1. The van der Waals surface area contributed by atoms with Crippen molar-refractivity contribution in [1.82, 2.24) is 9.97 Å². The van der Waals surface area contributed by atoms with Gasteiger partial charge in [0.1, 0.15) is 21.7 Å². The molecule has 10 heteroatoms. The Morgan fingerprint density at radius 2 is 1.70 bits per heavy atom. The van der Waals surface area contributed by atoms with Crippen molar-refractivity contribution < 1.29 is 22.7 Å². The maximum absolute atomic E-state index is 13.7. The first kappa shape index (κ1) is 22.7. The number of carbonyl (C=O) groups excluding carboxylic acids is 1. The fourth-order valence-electron chi connectivity index (χ4n) is 3.38. The van der Waals surface area contributed by atoms with Crippen molar-refractivity contribution in [3.8, 4) is 11.5 Å². The molecule has 1 amide bonds. The minimum absolute atomic E-state index is 0.0442. The van der Waals surface area contributed by atoms with Crippen LogP contribution in [0.3, 0.4) is 0 Å². The Kier molecular flexibility index (Phi) is 6.30. The lowest BCUT2D eigenvalue weighted by Gasteiger charge is -2.20. The van der Waals surface area contributed by atoms with Gasteiger partial charge in [0.25, 0.3) is 5.91 Å². The van der Waals surface area contributed by atoms with Crippen molar-refractivity contribution in [1.29, 1.82) is 0 Å². The molecular formula is C23H21N3O5S2. The number of ether oxygens (including phenoxy) is 2. The van der Waals surface area contributed by atoms with Crippen molar-refractivity contribution >= 4 is 42.4 Å². The number of aromatic nitrogens is 2. The number of carbonyl (C=O) groups is 1. The zero-order valence-electron chi connectivity index (χ0n) is 18.2. The van der Waals surface area contributed by atoms with Gasteiger partial charge in [-0.3, -0.25) is 14.7 Å². The number of rotatable bonds is 7. The van der Waals surface area contributed by atoms with E-state index in [1.807, 2.05) is 6.07 Å². The number of hydrogen-bond donors (Lipinski definition) is 0. The quantitative estimate of drug-likeness (QED) is 0.392. The number of methoxy groups -OCH3 is 2. The van der Waals surface area contributed by atoms with Gasteiger partial charge in [-0.2, -0.15) is 0 Å². The van der Waals surface area contributed by atoms with E-state index in [0.29, 0.717) is 32.5 Å². The maximum atomic E-state index is 13.7. The van der Waals surface area contributed by atoms with Gasteiger partial charge in [-0.1, -0.05) is 29.5 Å². The summed E-state index contributed by atoms with van der Waals surface area (Å²) in [5, 5.41) is 0.367. The zero-order valence-corrected chi connectivity index (χ0v) is 19.8. The second-order valence-corrected chi connectivity index (χ2v) is 10.1. The van der Waals surface area contributed by atoms with Gasteiger partial charge in [0.05, 0.1) is 36.9 Å². The smallest absolute Gasteiger partial charge is 0.261 e. The van der Waals surface area contributed by atoms with Crippen LogP contribution >= 0.6 is 11.3 Å². The number of amides is 1. The van der Waals surface area contributed by atoms with Gasteiger partial charge in [0.15, 0.2) is 15.0 Å². The number of thiazole rings is 1. The Labute approximate surface area is 195 Å². The molecule has 0 unspecified atom stereocenters. The van der Waals surface area contributed by atoms with Crippen LogP contribution in [0.2, 0.25) is 0 Å². The summed E-state index contributed by atoms with van der Waals surface area (Å²) in [5.74, 6) is 0.630. The van der Waals surface area contributed by atoms with Crippen LogP contribution in [0.25, 0.3) is 10.2 Å². The first-order valence-electron chi connectivity index (χ1n) is 9.86. The number of sulfone groups is 1. The van der Waals surface area contributed by atoms with Crippen LogP contribution in [0.4, 0.5) is 5.13 Å². The summed E-state index contributed by atoms with van der Waals surface area (Å²) in [6.07, 6.45) is 2.71. The van der Waals surface area contributed by atoms with Gasteiger partial charge < -0.3 is 9.47 Å². The van der Waals surface area contributed by atoms with Crippen LogP contribution in [-0.2, 0) is 16.4 Å². The van der Waals surface area contributed by atoms with Gasteiger partial charge in [-0.15, -0.1) is 0 Å². The number of hydrogen-bond acceptors (Lipinski definition) is 8. The predicted molar refractivity (Wildman–Crippen MR) is 127 cm³/mol. The van der Waals surface area contributed by atoms with Gasteiger partial charge in [0, 0.05) is 12.5 Å². The lowest BCUT2D eigenvalue weighted by Crippen LogP contribution is -2.31. The minimum atomic E-state index is -3.63. The van der Waals surface area contributed by atoms with Gasteiger partial charge in [-0.25, -0.2) is 13.4 Å². The molecule has 0 spiro atoms. The van der Waals surface area contributed by atoms with E-state index in [9.17, 15) is 13.2 Å². The van der Waals surface area contributed by atoms with E-state index in [2.05, 4.69) is 9.97 Å². The fraction of sp³-hybridized carbons (Fsp3) is 0.174. The highest BCUT2D eigenvalue weighted by atomic mass is 32.2. The van der Waals surface area contributed by atoms with Crippen LogP contribution in [-0.4, -0.2) is 44.8 Å². The number of benzene rings is 2. The molecule has 8 nitrogen and oxygen atoms in total. The normalized spacial score (nSPS) is 11.4. The molecule has 0 saturated carbocycles. The van der Waals surface area contributed by atoms with Crippen molar-refractivity contribution in [2.75, 3.05) is 25.4 Å². The van der Waals surface area contributed by atoms with E-state index >= 15 is 0 Å². The van der Waals surface area contributed by atoms with Crippen LogP contribution in [0.1, 0.15) is 16.1 Å². The molecule has 0 atom stereocenters. The number of fused-ring (bicyclic) bond motifs is 1. The van der Waals surface area contributed by atoms with E-state index < -0.39 is 15.7 Å². The van der Waals surface area contributed by atoms with Crippen molar-refractivity contribution in [2.24, 2.45) is 0 Å². The highest BCUT2D eigenvalue weighted by Gasteiger charge is 2.28. The molecule has 0 fully saturated rings. The number of nitrogens with zero attached hydrogens (tertiary/aromatic N) is 3. The molecule has 0 aliphatic rings. The largest absolute Gasteiger partial charge is 0.495 e. The third kappa shape index (κ3) is 4.53. The van der Waals surface area contributed by atoms with Crippen molar-refractivity contribution in [2.45, 2.75) is 11.4 Å². The van der Waals surface area contributed by atoms with E-state index in [4.69, 9.17) is 9.47 Å². The molecule has 2 aromatic carbocycles. The summed E-state index contributed by atoms with van der Waals surface area (Å²) in [5.41, 5.74) is 1.24. The summed E-state index contributed by atoms with van der Waals surface area (Å²) in [7, 11) is -0.537. The SMILES string of the molecule is COc1ccc(OC)c2sc(N(Cc3ccccn3)C(=O)c3ccccc3S(C)(=O)=O)nc12. The van der Waals surface area contributed by atoms with E-state index in [0.717, 1.165) is 6.26 Å². The third-order valence-corrected chi connectivity index (χ3v) is 7.19.